The molecule has 0 bridgehead atoms. The highest BCUT2D eigenvalue weighted by molar-refractivity contribution is 5.59. The summed E-state index contributed by atoms with van der Waals surface area (Å²) in [5.74, 6) is 7.97. The lowest BCUT2D eigenvalue weighted by Gasteiger charge is -2.26. The summed E-state index contributed by atoms with van der Waals surface area (Å²) in [5, 5.41) is 16.3. The van der Waals surface area contributed by atoms with Gasteiger partial charge in [-0.2, -0.15) is 0 Å². The third kappa shape index (κ3) is 7.43. The molecule has 0 saturated carbocycles. The molecule has 1 fully saturated rings. The molecule has 3 heterocycles. The second kappa shape index (κ2) is 13.4. The normalized spacial score (nSPS) is 16.0. The average molecular weight is 527 g/mol. The highest BCUT2D eigenvalue weighted by Gasteiger charge is 2.21. The zero-order chi connectivity index (χ0) is 26.9. The van der Waals surface area contributed by atoms with Crippen molar-refractivity contribution in [1.29, 1.82) is 0 Å². The molecule has 1 saturated heterocycles. The maximum absolute atomic E-state index is 8.87. The molecular weight excluding hydrogens is 492 g/mol. The van der Waals surface area contributed by atoms with E-state index in [1.165, 1.54) is 0 Å². The molecule has 1 aliphatic heterocycles. The summed E-state index contributed by atoms with van der Waals surface area (Å²) in [6, 6.07) is 18.0. The first-order valence-corrected chi connectivity index (χ1v) is 13.4. The first-order chi connectivity index (χ1) is 19.2. The Balaban J connectivity index is 1.18. The number of aromatic nitrogens is 3. The minimum Gasteiger partial charge on any atom is -0.395 e. The van der Waals surface area contributed by atoms with E-state index in [1.807, 2.05) is 72.3 Å². The van der Waals surface area contributed by atoms with E-state index in [9.17, 15) is 0 Å². The van der Waals surface area contributed by atoms with Crippen molar-refractivity contribution < 1.29 is 19.1 Å². The number of ether oxygens (including phenoxy) is 2. The van der Waals surface area contributed by atoms with E-state index in [0.717, 1.165) is 66.2 Å². The summed E-state index contributed by atoms with van der Waals surface area (Å²) in [4.78, 5) is 4.51. The first-order valence-electron chi connectivity index (χ1n) is 13.4. The van der Waals surface area contributed by atoms with Crippen LogP contribution >= 0.6 is 0 Å². The van der Waals surface area contributed by atoms with Crippen molar-refractivity contribution in [3.63, 3.8) is 0 Å². The monoisotopic (exact) mass is 526 g/mol. The molecule has 8 nitrogen and oxygen atoms in total. The molecule has 2 aromatic heterocycles. The largest absolute Gasteiger partial charge is 0.395 e. The zero-order valence-electron chi connectivity index (χ0n) is 22.2. The van der Waals surface area contributed by atoms with E-state index in [1.54, 1.807) is 6.20 Å². The van der Waals surface area contributed by atoms with Gasteiger partial charge in [0.1, 0.15) is 17.6 Å². The predicted octanol–water partition coefficient (Wildman–Crippen LogP) is 4.67. The third-order valence-corrected chi connectivity index (χ3v) is 6.59. The van der Waals surface area contributed by atoms with Crippen LogP contribution in [0.3, 0.4) is 0 Å². The van der Waals surface area contributed by atoms with Crippen LogP contribution in [0, 0.1) is 11.8 Å². The second-order valence-electron chi connectivity index (χ2n) is 9.59. The third-order valence-electron chi connectivity index (χ3n) is 6.59. The lowest BCUT2D eigenvalue weighted by Crippen LogP contribution is -2.24. The van der Waals surface area contributed by atoms with Gasteiger partial charge < -0.3 is 29.0 Å². The van der Waals surface area contributed by atoms with Gasteiger partial charge in [-0.1, -0.05) is 29.1 Å². The maximum Gasteiger partial charge on any atom is 0.167 e. The van der Waals surface area contributed by atoms with Crippen LogP contribution in [-0.4, -0.2) is 45.9 Å². The Morgan fingerprint density at radius 2 is 1.87 bits per heavy atom. The number of aliphatic hydroxyl groups is 1. The number of aliphatic hydroxyl groups excluding tert-OH is 1. The molecule has 0 aliphatic carbocycles. The fourth-order valence-electron chi connectivity index (χ4n) is 4.50. The molecule has 202 valence electrons. The Hall–Kier alpha value is -3.74. The van der Waals surface area contributed by atoms with Crippen molar-refractivity contribution in [3.8, 4) is 23.2 Å². The Kier molecular flexibility index (Phi) is 9.20. The quantitative estimate of drug-likeness (QED) is 0.229. The van der Waals surface area contributed by atoms with Gasteiger partial charge in [-0.15, -0.1) is 0 Å². The average Bonchev–Trinajstić information content (AvgIpc) is 3.64. The highest BCUT2D eigenvalue weighted by Crippen LogP contribution is 2.25. The number of nitrogens with zero attached hydrogens (tertiary/aromatic N) is 3. The van der Waals surface area contributed by atoms with Gasteiger partial charge in [-0.05, 0) is 68.1 Å². The van der Waals surface area contributed by atoms with Gasteiger partial charge in [0.25, 0.3) is 0 Å². The van der Waals surface area contributed by atoms with Gasteiger partial charge in [-0.25, -0.2) is 4.98 Å². The summed E-state index contributed by atoms with van der Waals surface area (Å²) in [6.07, 6.45) is 6.49. The molecule has 5 rings (SSSR count). The van der Waals surface area contributed by atoms with Crippen LogP contribution in [0.2, 0.25) is 0 Å². The number of rotatable bonds is 10. The van der Waals surface area contributed by atoms with Gasteiger partial charge in [0.15, 0.2) is 12.1 Å². The minimum atomic E-state index is -0.185. The molecule has 0 spiro atoms. The topological polar surface area (TPSA) is 94.6 Å². The number of benzene rings is 2. The van der Waals surface area contributed by atoms with Crippen molar-refractivity contribution >= 4 is 0 Å². The molecule has 2 atom stereocenters. The van der Waals surface area contributed by atoms with Crippen LogP contribution in [0.5, 0.6) is 0 Å². The maximum atomic E-state index is 8.87. The van der Waals surface area contributed by atoms with E-state index >= 15 is 0 Å². The van der Waals surface area contributed by atoms with Crippen LogP contribution in [0.15, 0.2) is 71.5 Å². The van der Waals surface area contributed by atoms with Crippen LogP contribution in [-0.2, 0) is 22.6 Å². The van der Waals surface area contributed by atoms with Crippen LogP contribution in [0.4, 0.5) is 0 Å². The van der Waals surface area contributed by atoms with E-state index in [0.29, 0.717) is 18.8 Å². The van der Waals surface area contributed by atoms with Crippen LogP contribution in [0.25, 0.3) is 11.3 Å². The van der Waals surface area contributed by atoms with E-state index in [4.69, 9.17) is 19.1 Å². The van der Waals surface area contributed by atoms with Gasteiger partial charge in [0.05, 0.1) is 13.2 Å². The lowest BCUT2D eigenvalue weighted by atomic mass is 10.1. The predicted molar refractivity (Wildman–Crippen MR) is 148 cm³/mol. The molecule has 2 aromatic carbocycles. The van der Waals surface area contributed by atoms with Gasteiger partial charge in [-0.3, -0.25) is 0 Å². The molecule has 39 heavy (non-hydrogen) atoms. The molecule has 1 aliphatic rings. The molecule has 2 N–H and O–H groups in total. The molecule has 8 heteroatoms. The Morgan fingerprint density at radius 1 is 1.10 bits per heavy atom. The fraction of sp³-hybridized carbons (Fsp3) is 0.355. The van der Waals surface area contributed by atoms with Gasteiger partial charge in [0.2, 0.25) is 0 Å². The summed E-state index contributed by atoms with van der Waals surface area (Å²) in [7, 11) is 0. The summed E-state index contributed by atoms with van der Waals surface area (Å²) >= 11 is 0. The Bertz CT molecular complexity index is 1380. The van der Waals surface area contributed by atoms with E-state index in [2.05, 4.69) is 27.3 Å². The summed E-state index contributed by atoms with van der Waals surface area (Å²) in [6.45, 7) is 4.75. The SMILES string of the molecule is C[C@H](OC1CCCCO1)c1nccn1Cc1cc(-c2ccc(C#Cc3ccc(CNCCO)cc3)cc2)on1. The lowest BCUT2D eigenvalue weighted by molar-refractivity contribution is -0.188. The first kappa shape index (κ1) is 26.9. The Morgan fingerprint density at radius 3 is 2.59 bits per heavy atom. The van der Waals surface area contributed by atoms with Crippen LogP contribution in [0.1, 0.15) is 60.5 Å². The second-order valence-corrected chi connectivity index (χ2v) is 9.59. The van der Waals surface area contributed by atoms with Gasteiger partial charge >= 0.3 is 0 Å². The van der Waals surface area contributed by atoms with Crippen LogP contribution < -0.4 is 5.32 Å². The molecule has 1 unspecified atom stereocenters. The highest BCUT2D eigenvalue weighted by atomic mass is 16.7. The number of hydrogen-bond acceptors (Lipinski definition) is 7. The van der Waals surface area contributed by atoms with E-state index in [-0.39, 0.29) is 19.0 Å². The number of hydrogen-bond donors (Lipinski definition) is 2. The van der Waals surface area contributed by atoms with Crippen molar-refractivity contribution in [2.45, 2.75) is 51.7 Å². The van der Waals surface area contributed by atoms with Crippen molar-refractivity contribution in [2.24, 2.45) is 0 Å². The molecule has 0 radical (unpaired) electrons. The van der Waals surface area contributed by atoms with Crippen molar-refractivity contribution in [2.75, 3.05) is 19.8 Å². The standard InChI is InChI=1S/C31H34N4O4/c1-23(38-30-4-2-3-19-37-30)31-33-15-17-35(31)22-28-20-29(39-34-28)27-13-11-25(12-14-27)6-5-24-7-9-26(10-8-24)21-32-16-18-36/h7-15,17,20,23,30,32,36H,2-4,16,18-19,21-22H2,1H3/t23-,30?/m0/s1. The molecule has 4 aromatic rings. The van der Waals surface area contributed by atoms with E-state index < -0.39 is 0 Å². The van der Waals surface area contributed by atoms with Crippen molar-refractivity contribution in [3.05, 3.63) is 95.2 Å². The van der Waals surface area contributed by atoms with Crippen molar-refractivity contribution in [1.82, 2.24) is 20.0 Å². The summed E-state index contributed by atoms with van der Waals surface area (Å²) < 4.78 is 19.5. The fourth-order valence-corrected chi connectivity index (χ4v) is 4.50. The minimum absolute atomic E-state index is 0.137. The summed E-state index contributed by atoms with van der Waals surface area (Å²) in [5.41, 5.74) is 4.78. The smallest absolute Gasteiger partial charge is 0.167 e. The van der Waals surface area contributed by atoms with Gasteiger partial charge in [0, 0.05) is 54.8 Å². The number of imidazole rings is 1. The Labute approximate surface area is 229 Å². The zero-order valence-corrected chi connectivity index (χ0v) is 22.2. The molecule has 0 amide bonds. The number of nitrogens with one attached hydrogen (secondary N) is 1. The molecular formula is C31H34N4O4.